The number of likely N-dealkylation sites (tertiary alicyclic amines) is 1. The number of halogens is 1. The van der Waals surface area contributed by atoms with Crippen LogP contribution in [0.2, 0.25) is 0 Å². The molecule has 0 unspecified atom stereocenters. The monoisotopic (exact) mass is 432 g/mol. The third-order valence-corrected chi connectivity index (χ3v) is 7.57. The van der Waals surface area contributed by atoms with Gasteiger partial charge in [0.05, 0.1) is 12.8 Å². The van der Waals surface area contributed by atoms with E-state index in [-0.39, 0.29) is 24.8 Å². The number of benzene rings is 1. The minimum absolute atomic E-state index is 0.0710. The molecule has 3 aliphatic rings. The summed E-state index contributed by atoms with van der Waals surface area (Å²) >= 11 is 0. The fraction of sp³-hybridized carbons (Fsp3) is 0.708. The minimum atomic E-state index is -0.732. The second-order valence-electron chi connectivity index (χ2n) is 9.53. The largest absolute Gasteiger partial charge is 0.390 e. The maximum atomic E-state index is 13.6. The number of aliphatic hydroxyl groups excluding tert-OH is 1. The van der Waals surface area contributed by atoms with Gasteiger partial charge in [0, 0.05) is 37.9 Å². The SMILES string of the molecule is NC[C@H](O)CN1CN(c2ccc(F)cc2)C2(CCN(C3CCCCCCC3)CC2)C1=O. The second kappa shape index (κ2) is 9.84. The number of rotatable bonds is 5. The highest BCUT2D eigenvalue weighted by molar-refractivity contribution is 5.93. The van der Waals surface area contributed by atoms with Crippen molar-refractivity contribution in [1.82, 2.24) is 9.80 Å². The standard InChI is InChI=1S/C24H37FN4O2/c25-19-8-10-21(11-9-19)29-18-28(17-22(30)16-26)23(31)24(29)12-14-27(15-13-24)20-6-4-2-1-3-5-7-20/h8-11,20,22,30H,1-7,12-18,26H2/t22-/m0/s1. The van der Waals surface area contributed by atoms with Gasteiger partial charge in [0.2, 0.25) is 5.91 Å². The van der Waals surface area contributed by atoms with E-state index in [1.807, 2.05) is 0 Å². The summed E-state index contributed by atoms with van der Waals surface area (Å²) in [6.45, 7) is 2.58. The van der Waals surface area contributed by atoms with E-state index in [2.05, 4.69) is 9.80 Å². The van der Waals surface area contributed by atoms with Gasteiger partial charge in [-0.2, -0.15) is 0 Å². The van der Waals surface area contributed by atoms with Crippen molar-refractivity contribution < 1.29 is 14.3 Å². The summed E-state index contributed by atoms with van der Waals surface area (Å²) in [5, 5.41) is 10.1. The molecule has 1 aromatic carbocycles. The first-order chi connectivity index (χ1) is 15.0. The van der Waals surface area contributed by atoms with E-state index >= 15 is 0 Å². The predicted molar refractivity (Wildman–Crippen MR) is 120 cm³/mol. The van der Waals surface area contributed by atoms with Crippen molar-refractivity contribution in [1.29, 1.82) is 0 Å². The molecule has 6 nitrogen and oxygen atoms in total. The zero-order valence-electron chi connectivity index (χ0n) is 18.5. The molecule has 0 bridgehead atoms. The van der Waals surface area contributed by atoms with Crippen molar-refractivity contribution in [3.63, 3.8) is 0 Å². The van der Waals surface area contributed by atoms with E-state index in [0.29, 0.717) is 12.7 Å². The van der Waals surface area contributed by atoms with Crippen LogP contribution in [-0.4, -0.2) is 71.3 Å². The highest BCUT2D eigenvalue weighted by Crippen LogP contribution is 2.40. The van der Waals surface area contributed by atoms with Gasteiger partial charge in [-0.05, 0) is 49.9 Å². The van der Waals surface area contributed by atoms with E-state index in [1.54, 1.807) is 17.0 Å². The number of hydrogen-bond donors (Lipinski definition) is 2. The summed E-state index contributed by atoms with van der Waals surface area (Å²) in [5.41, 5.74) is 5.84. The Morgan fingerprint density at radius 3 is 2.29 bits per heavy atom. The van der Waals surface area contributed by atoms with Crippen LogP contribution in [0.3, 0.4) is 0 Å². The molecule has 1 amide bonds. The lowest BCUT2D eigenvalue weighted by Crippen LogP contribution is -2.58. The average Bonchev–Trinajstić information content (AvgIpc) is 3.01. The number of nitrogens with zero attached hydrogens (tertiary/aromatic N) is 3. The Morgan fingerprint density at radius 1 is 1.06 bits per heavy atom. The molecule has 31 heavy (non-hydrogen) atoms. The molecule has 1 aromatic rings. The summed E-state index contributed by atoms with van der Waals surface area (Å²) in [4.78, 5) is 20.1. The lowest BCUT2D eigenvalue weighted by atomic mass is 9.83. The number of amides is 1. The molecular weight excluding hydrogens is 395 g/mol. The molecule has 1 aliphatic carbocycles. The molecular formula is C24H37FN4O2. The van der Waals surface area contributed by atoms with Gasteiger partial charge in [-0.15, -0.1) is 0 Å². The van der Waals surface area contributed by atoms with Crippen LogP contribution in [-0.2, 0) is 4.79 Å². The van der Waals surface area contributed by atoms with Crippen molar-refractivity contribution in [2.75, 3.05) is 37.7 Å². The Labute approximate surface area is 185 Å². The fourth-order valence-corrected chi connectivity index (χ4v) is 5.74. The van der Waals surface area contributed by atoms with Crippen LogP contribution >= 0.6 is 0 Å². The number of carbonyl (C=O) groups excluding carboxylic acids is 1. The average molecular weight is 433 g/mol. The predicted octanol–water partition coefficient (Wildman–Crippen LogP) is 2.70. The molecule has 172 valence electrons. The number of hydrogen-bond acceptors (Lipinski definition) is 5. The quantitative estimate of drug-likeness (QED) is 0.749. The van der Waals surface area contributed by atoms with Crippen LogP contribution in [0, 0.1) is 5.82 Å². The molecule has 4 rings (SSSR count). The van der Waals surface area contributed by atoms with Crippen molar-refractivity contribution in [2.24, 2.45) is 5.73 Å². The van der Waals surface area contributed by atoms with Gasteiger partial charge in [0.25, 0.3) is 0 Å². The number of nitrogens with two attached hydrogens (primary N) is 1. The first-order valence-electron chi connectivity index (χ1n) is 12.0. The van der Waals surface area contributed by atoms with Gasteiger partial charge < -0.3 is 25.5 Å². The molecule has 1 spiro atoms. The molecule has 0 aromatic heterocycles. The highest BCUT2D eigenvalue weighted by Gasteiger charge is 2.54. The van der Waals surface area contributed by atoms with Gasteiger partial charge >= 0.3 is 0 Å². The number of β-amino-alcohol motifs (C(OH)–C–C–N with tert-alkyl or cyclic N) is 1. The van der Waals surface area contributed by atoms with E-state index in [9.17, 15) is 14.3 Å². The number of piperidine rings is 1. The van der Waals surface area contributed by atoms with Crippen LogP contribution < -0.4 is 10.6 Å². The lowest BCUT2D eigenvalue weighted by Gasteiger charge is -2.46. The van der Waals surface area contributed by atoms with E-state index in [0.717, 1.165) is 31.6 Å². The van der Waals surface area contributed by atoms with Crippen molar-refractivity contribution in [3.05, 3.63) is 30.1 Å². The Kier molecular flexibility index (Phi) is 7.14. The van der Waals surface area contributed by atoms with Crippen LogP contribution in [0.25, 0.3) is 0 Å². The highest BCUT2D eigenvalue weighted by atomic mass is 19.1. The molecule has 2 saturated heterocycles. The number of carbonyl (C=O) groups is 1. The van der Waals surface area contributed by atoms with Crippen LogP contribution in [0.1, 0.15) is 57.8 Å². The molecule has 3 fully saturated rings. The van der Waals surface area contributed by atoms with E-state index in [4.69, 9.17) is 5.73 Å². The van der Waals surface area contributed by atoms with Gasteiger partial charge in [0.1, 0.15) is 11.4 Å². The van der Waals surface area contributed by atoms with Gasteiger partial charge in [-0.3, -0.25) is 4.79 Å². The zero-order valence-corrected chi connectivity index (χ0v) is 18.5. The number of anilines is 1. The van der Waals surface area contributed by atoms with Crippen LogP contribution in [0.15, 0.2) is 24.3 Å². The van der Waals surface area contributed by atoms with Crippen molar-refractivity contribution >= 4 is 11.6 Å². The summed E-state index contributed by atoms with van der Waals surface area (Å²) in [6.07, 6.45) is 9.95. The zero-order chi connectivity index (χ0) is 21.8. The minimum Gasteiger partial charge on any atom is -0.390 e. The van der Waals surface area contributed by atoms with Crippen LogP contribution in [0.4, 0.5) is 10.1 Å². The molecule has 0 radical (unpaired) electrons. The van der Waals surface area contributed by atoms with Gasteiger partial charge in [-0.1, -0.05) is 32.1 Å². The molecule has 1 atom stereocenters. The van der Waals surface area contributed by atoms with E-state index in [1.165, 1.54) is 57.1 Å². The summed E-state index contributed by atoms with van der Waals surface area (Å²) in [5.74, 6) is -0.209. The second-order valence-corrected chi connectivity index (χ2v) is 9.53. The first kappa shape index (κ1) is 22.5. The van der Waals surface area contributed by atoms with Crippen LogP contribution in [0.5, 0.6) is 0 Å². The maximum absolute atomic E-state index is 13.6. The molecule has 3 N–H and O–H groups in total. The molecule has 2 heterocycles. The fourth-order valence-electron chi connectivity index (χ4n) is 5.74. The normalized spacial score (nSPS) is 24.4. The molecule has 1 saturated carbocycles. The Bertz CT molecular complexity index is 728. The Hall–Kier alpha value is -1.70. The third kappa shape index (κ3) is 4.73. The third-order valence-electron chi connectivity index (χ3n) is 7.57. The summed E-state index contributed by atoms with van der Waals surface area (Å²) in [7, 11) is 0. The van der Waals surface area contributed by atoms with Gasteiger partial charge in [-0.25, -0.2) is 4.39 Å². The smallest absolute Gasteiger partial charge is 0.250 e. The van der Waals surface area contributed by atoms with Gasteiger partial charge in [0.15, 0.2) is 0 Å². The Balaban J connectivity index is 1.53. The summed E-state index contributed by atoms with van der Waals surface area (Å²) in [6, 6.07) is 7.05. The first-order valence-corrected chi connectivity index (χ1v) is 12.0. The molecule has 7 heteroatoms. The maximum Gasteiger partial charge on any atom is 0.250 e. The molecule has 2 aliphatic heterocycles. The van der Waals surface area contributed by atoms with E-state index < -0.39 is 11.6 Å². The Morgan fingerprint density at radius 2 is 1.68 bits per heavy atom. The lowest BCUT2D eigenvalue weighted by molar-refractivity contribution is -0.135. The van der Waals surface area contributed by atoms with Crippen molar-refractivity contribution in [2.45, 2.75) is 75.5 Å². The number of aliphatic hydroxyl groups is 1. The topological polar surface area (TPSA) is 73.0 Å². The van der Waals surface area contributed by atoms with Crippen molar-refractivity contribution in [3.8, 4) is 0 Å². The summed E-state index contributed by atoms with van der Waals surface area (Å²) < 4.78 is 13.5.